The van der Waals surface area contributed by atoms with E-state index in [4.69, 9.17) is 5.26 Å². The van der Waals surface area contributed by atoms with Crippen LogP contribution in [0.25, 0.3) is 11.3 Å². The third-order valence-electron chi connectivity index (χ3n) is 2.03. The fraction of sp³-hybridized carbons (Fsp3) is 0. The summed E-state index contributed by atoms with van der Waals surface area (Å²) in [7, 11) is 0. The Morgan fingerprint density at radius 2 is 2.00 bits per heavy atom. The Morgan fingerprint density at radius 3 is 2.60 bits per heavy atom. The zero-order valence-electron chi connectivity index (χ0n) is 7.79. The lowest BCUT2D eigenvalue weighted by atomic mass is 10.1. The van der Waals surface area contributed by atoms with Crippen LogP contribution in [0.15, 0.2) is 42.9 Å². The minimum atomic E-state index is 0.474. The molecule has 0 N–H and O–H groups in total. The maximum Gasteiger partial charge on any atom is 0.242 e. The zero-order valence-corrected chi connectivity index (χ0v) is 7.79. The van der Waals surface area contributed by atoms with Gasteiger partial charge >= 0.3 is 0 Å². The highest BCUT2D eigenvalue weighted by molar-refractivity contribution is 5.56. The second-order valence-corrected chi connectivity index (χ2v) is 2.98. The number of hydrogen-bond donors (Lipinski definition) is 0. The Balaban J connectivity index is 2.47. The van der Waals surface area contributed by atoms with Crippen LogP contribution in [0, 0.1) is 16.5 Å². The van der Waals surface area contributed by atoms with E-state index in [2.05, 4.69) is 4.98 Å². The van der Waals surface area contributed by atoms with Crippen molar-refractivity contribution in [2.75, 3.05) is 0 Å². The SMILES string of the molecule is N#Cc1ccc(-c2cncc[n+]2[O-])cc1. The van der Waals surface area contributed by atoms with Crippen molar-refractivity contribution in [1.29, 1.82) is 5.26 Å². The van der Waals surface area contributed by atoms with E-state index < -0.39 is 0 Å². The van der Waals surface area contributed by atoms with Crippen LogP contribution in [0.2, 0.25) is 0 Å². The first-order valence-electron chi connectivity index (χ1n) is 4.35. The monoisotopic (exact) mass is 197 g/mol. The zero-order chi connectivity index (χ0) is 10.7. The molecule has 2 aromatic rings. The first-order valence-corrected chi connectivity index (χ1v) is 4.35. The van der Waals surface area contributed by atoms with Crippen LogP contribution < -0.4 is 4.73 Å². The summed E-state index contributed by atoms with van der Waals surface area (Å²) in [6.45, 7) is 0. The van der Waals surface area contributed by atoms with Gasteiger partial charge in [0.1, 0.15) is 6.20 Å². The molecule has 0 aliphatic carbocycles. The molecule has 0 saturated heterocycles. The average molecular weight is 197 g/mol. The van der Waals surface area contributed by atoms with Crippen LogP contribution in [0.1, 0.15) is 5.56 Å². The number of nitrogens with zero attached hydrogens (tertiary/aromatic N) is 3. The van der Waals surface area contributed by atoms with Gasteiger partial charge in [0.05, 0.1) is 17.8 Å². The van der Waals surface area contributed by atoms with E-state index in [9.17, 15) is 5.21 Å². The second kappa shape index (κ2) is 3.76. The molecule has 0 bridgehead atoms. The summed E-state index contributed by atoms with van der Waals surface area (Å²) in [6.07, 6.45) is 4.27. The highest BCUT2D eigenvalue weighted by Crippen LogP contribution is 2.14. The van der Waals surface area contributed by atoms with E-state index in [0.29, 0.717) is 11.3 Å². The van der Waals surface area contributed by atoms with E-state index in [0.717, 1.165) is 10.3 Å². The van der Waals surface area contributed by atoms with E-state index in [1.807, 2.05) is 6.07 Å². The molecule has 0 saturated carbocycles. The van der Waals surface area contributed by atoms with E-state index in [1.54, 1.807) is 24.3 Å². The summed E-state index contributed by atoms with van der Waals surface area (Å²) in [5.41, 5.74) is 1.79. The van der Waals surface area contributed by atoms with Gasteiger partial charge in [-0.15, -0.1) is 0 Å². The minimum absolute atomic E-state index is 0.474. The van der Waals surface area contributed by atoms with Gasteiger partial charge in [-0.2, -0.15) is 9.99 Å². The van der Waals surface area contributed by atoms with Gasteiger partial charge in [-0.3, -0.25) is 4.98 Å². The van der Waals surface area contributed by atoms with Crippen molar-refractivity contribution in [3.8, 4) is 17.3 Å². The van der Waals surface area contributed by atoms with Crippen molar-refractivity contribution in [1.82, 2.24) is 4.98 Å². The molecule has 1 aromatic heterocycles. The van der Waals surface area contributed by atoms with Crippen molar-refractivity contribution >= 4 is 0 Å². The van der Waals surface area contributed by atoms with Gasteiger partial charge in [0, 0.05) is 5.56 Å². The van der Waals surface area contributed by atoms with Gasteiger partial charge in [0.2, 0.25) is 5.69 Å². The van der Waals surface area contributed by atoms with Crippen molar-refractivity contribution < 1.29 is 4.73 Å². The molecule has 0 atom stereocenters. The molecule has 72 valence electrons. The molecule has 0 radical (unpaired) electrons. The third kappa shape index (κ3) is 1.76. The molecule has 0 fully saturated rings. The summed E-state index contributed by atoms with van der Waals surface area (Å²) in [5, 5.41) is 20.0. The van der Waals surface area contributed by atoms with Crippen LogP contribution in [-0.4, -0.2) is 4.98 Å². The standard InChI is InChI=1S/C11H7N3O/c12-7-9-1-3-10(4-2-9)11-8-13-5-6-14(11)15/h1-6,8H. The first kappa shape index (κ1) is 9.16. The van der Waals surface area contributed by atoms with Crippen LogP contribution in [-0.2, 0) is 0 Å². The van der Waals surface area contributed by atoms with Crippen LogP contribution in [0.3, 0.4) is 0 Å². The number of hydrogen-bond acceptors (Lipinski definition) is 3. The Kier molecular flexibility index (Phi) is 2.30. The van der Waals surface area contributed by atoms with Crippen LogP contribution in [0.4, 0.5) is 0 Å². The average Bonchev–Trinajstić information content (AvgIpc) is 2.30. The van der Waals surface area contributed by atoms with Crippen molar-refractivity contribution in [3.63, 3.8) is 0 Å². The Bertz CT molecular complexity index is 514. The van der Waals surface area contributed by atoms with Crippen molar-refractivity contribution in [3.05, 3.63) is 53.6 Å². The molecule has 1 aromatic carbocycles. The molecule has 0 spiro atoms. The summed E-state index contributed by atoms with van der Waals surface area (Å²) >= 11 is 0. The lowest BCUT2D eigenvalue weighted by Gasteiger charge is -2.02. The van der Waals surface area contributed by atoms with E-state index in [1.165, 1.54) is 18.6 Å². The number of nitriles is 1. The fourth-order valence-electron chi connectivity index (χ4n) is 1.27. The van der Waals surface area contributed by atoms with E-state index in [-0.39, 0.29) is 0 Å². The summed E-state index contributed by atoms with van der Waals surface area (Å²) in [4.78, 5) is 3.88. The third-order valence-corrected chi connectivity index (χ3v) is 2.03. The fourth-order valence-corrected chi connectivity index (χ4v) is 1.27. The maximum atomic E-state index is 11.4. The van der Waals surface area contributed by atoms with Crippen LogP contribution in [0.5, 0.6) is 0 Å². The quantitative estimate of drug-likeness (QED) is 0.510. The van der Waals surface area contributed by atoms with E-state index >= 15 is 0 Å². The molecule has 0 aliphatic rings. The van der Waals surface area contributed by atoms with Gasteiger partial charge in [-0.05, 0) is 24.3 Å². The van der Waals surface area contributed by atoms with Gasteiger partial charge in [0.15, 0.2) is 6.20 Å². The maximum absolute atomic E-state index is 11.4. The van der Waals surface area contributed by atoms with Gasteiger partial charge in [-0.25, -0.2) is 0 Å². The van der Waals surface area contributed by atoms with Crippen molar-refractivity contribution in [2.45, 2.75) is 0 Å². The highest BCUT2D eigenvalue weighted by atomic mass is 16.5. The molecule has 1 heterocycles. The van der Waals surface area contributed by atoms with Crippen molar-refractivity contribution in [2.24, 2.45) is 0 Å². The molecule has 0 aliphatic heterocycles. The normalized spacial score (nSPS) is 9.53. The van der Waals surface area contributed by atoms with Crippen LogP contribution >= 0.6 is 0 Å². The molecule has 2 rings (SSSR count). The van der Waals surface area contributed by atoms with Gasteiger partial charge < -0.3 is 5.21 Å². The molecule has 0 unspecified atom stereocenters. The predicted octanol–water partition coefficient (Wildman–Crippen LogP) is 1.25. The lowest BCUT2D eigenvalue weighted by molar-refractivity contribution is -0.594. The molecule has 4 nitrogen and oxygen atoms in total. The summed E-state index contributed by atoms with van der Waals surface area (Å²) in [6, 6.07) is 8.81. The Hall–Kier alpha value is -2.41. The van der Waals surface area contributed by atoms with Gasteiger partial charge in [-0.1, -0.05) is 0 Å². The molecular formula is C11H7N3O. The minimum Gasteiger partial charge on any atom is -0.618 e. The Morgan fingerprint density at radius 1 is 1.27 bits per heavy atom. The predicted molar refractivity (Wildman–Crippen MR) is 53.3 cm³/mol. The largest absolute Gasteiger partial charge is 0.618 e. The molecule has 15 heavy (non-hydrogen) atoms. The number of aromatic nitrogens is 2. The molecule has 4 heteroatoms. The first-order chi connectivity index (χ1) is 7.31. The number of rotatable bonds is 1. The topological polar surface area (TPSA) is 63.6 Å². The Labute approximate surface area is 86.6 Å². The molecule has 0 amide bonds. The second-order valence-electron chi connectivity index (χ2n) is 2.98. The lowest BCUT2D eigenvalue weighted by Crippen LogP contribution is -2.28. The summed E-state index contributed by atoms with van der Waals surface area (Å²) < 4.78 is 0.744. The summed E-state index contributed by atoms with van der Waals surface area (Å²) in [5.74, 6) is 0. The smallest absolute Gasteiger partial charge is 0.242 e. The highest BCUT2D eigenvalue weighted by Gasteiger charge is 2.07. The molecular weight excluding hydrogens is 190 g/mol. The number of benzene rings is 1. The van der Waals surface area contributed by atoms with Gasteiger partial charge in [0.25, 0.3) is 0 Å².